The summed E-state index contributed by atoms with van der Waals surface area (Å²) in [7, 11) is 0. The summed E-state index contributed by atoms with van der Waals surface area (Å²) >= 11 is 2.28. The molecule has 2 atom stereocenters. The fraction of sp³-hybridized carbons (Fsp3) is 0.760. The van der Waals surface area contributed by atoms with Crippen molar-refractivity contribution in [1.82, 2.24) is 21.3 Å². The number of unbranched alkanes of at least 4 members (excludes halogenated alkanes) is 1. The molecule has 0 aromatic heterocycles. The van der Waals surface area contributed by atoms with E-state index in [-0.39, 0.29) is 58.6 Å². The zero-order chi connectivity index (χ0) is 30.7. The molecule has 1 aliphatic rings. The molecule has 14 nitrogen and oxygen atoms in total. The summed E-state index contributed by atoms with van der Waals surface area (Å²) in [4.78, 5) is 68.9. The number of carboxylic acids is 2. The topological polar surface area (TPSA) is 243 Å². The molecule has 0 aromatic rings. The molecule has 4 amide bonds. The second-order valence-electron chi connectivity index (χ2n) is 10.0. The van der Waals surface area contributed by atoms with E-state index in [1.54, 1.807) is 0 Å². The summed E-state index contributed by atoms with van der Waals surface area (Å²) in [6.45, 7) is 1.21. The fourth-order valence-corrected chi connectivity index (χ4v) is 5.36. The van der Waals surface area contributed by atoms with Crippen molar-refractivity contribution in [2.45, 2.75) is 63.5 Å². The zero-order valence-electron chi connectivity index (χ0n) is 23.3. The van der Waals surface area contributed by atoms with E-state index < -0.39 is 24.0 Å². The van der Waals surface area contributed by atoms with Crippen LogP contribution in [0.2, 0.25) is 0 Å². The Morgan fingerprint density at radius 2 is 1.05 bits per heavy atom. The van der Waals surface area contributed by atoms with Gasteiger partial charge in [0, 0.05) is 50.5 Å². The van der Waals surface area contributed by atoms with Gasteiger partial charge in [0.05, 0.1) is 11.5 Å². The van der Waals surface area contributed by atoms with E-state index >= 15 is 0 Å². The Hall–Kier alpha value is -2.56. The highest BCUT2D eigenvalue weighted by Crippen LogP contribution is 2.53. The molecule has 16 heteroatoms. The number of carbonyl (C=O) groups is 6. The largest absolute Gasteiger partial charge is 0.480 e. The second kappa shape index (κ2) is 20.3. The van der Waals surface area contributed by atoms with Gasteiger partial charge in [0.25, 0.3) is 0 Å². The van der Waals surface area contributed by atoms with Crippen LogP contribution in [0.5, 0.6) is 0 Å². The van der Waals surface area contributed by atoms with E-state index in [0.29, 0.717) is 32.5 Å². The molecule has 0 bridgehead atoms. The van der Waals surface area contributed by atoms with Crippen molar-refractivity contribution < 1.29 is 39.0 Å². The molecule has 41 heavy (non-hydrogen) atoms. The Morgan fingerprint density at radius 1 is 0.634 bits per heavy atom. The highest BCUT2D eigenvalue weighted by molar-refractivity contribution is 8.00. The molecule has 10 N–H and O–H groups in total. The number of carbonyl (C=O) groups excluding carboxylic acids is 4. The predicted octanol–water partition coefficient (Wildman–Crippen LogP) is -1.14. The van der Waals surface area contributed by atoms with Gasteiger partial charge in [-0.15, -0.1) is 23.5 Å². The van der Waals surface area contributed by atoms with Crippen LogP contribution in [0.3, 0.4) is 0 Å². The molecule has 0 aliphatic heterocycles. The molecule has 1 aliphatic carbocycles. The quantitative estimate of drug-likeness (QED) is 0.0597. The summed E-state index contributed by atoms with van der Waals surface area (Å²) in [5.41, 5.74) is 10.9. The highest BCUT2D eigenvalue weighted by atomic mass is 32.2. The van der Waals surface area contributed by atoms with Crippen LogP contribution in [-0.2, 0) is 28.8 Å². The number of carboxylic acid groups (broad SMARTS) is 2. The maximum Gasteiger partial charge on any atom is 0.321 e. The number of hydrogen-bond donors (Lipinski definition) is 8. The van der Waals surface area contributed by atoms with Crippen LogP contribution in [0.4, 0.5) is 0 Å². The van der Waals surface area contributed by atoms with Crippen molar-refractivity contribution in [2.75, 3.05) is 49.2 Å². The maximum atomic E-state index is 12.2. The average Bonchev–Trinajstić information content (AvgIpc) is 3.70. The van der Waals surface area contributed by atoms with Crippen LogP contribution in [0, 0.1) is 5.41 Å². The van der Waals surface area contributed by atoms with Crippen molar-refractivity contribution in [3.63, 3.8) is 0 Å². The lowest BCUT2D eigenvalue weighted by Crippen LogP contribution is -2.36. The summed E-state index contributed by atoms with van der Waals surface area (Å²) in [6.07, 6.45) is 6.34. The molecule has 1 rings (SSSR count). The summed E-state index contributed by atoms with van der Waals surface area (Å²) in [6, 6.07) is -2.01. The molecule has 0 spiro atoms. The predicted molar refractivity (Wildman–Crippen MR) is 157 cm³/mol. The molecular weight excluding hydrogens is 576 g/mol. The van der Waals surface area contributed by atoms with E-state index in [1.807, 2.05) is 0 Å². The lowest BCUT2D eigenvalue weighted by Gasteiger charge is -2.15. The van der Waals surface area contributed by atoms with Crippen LogP contribution in [0.25, 0.3) is 0 Å². The number of hydrogen-bond acceptors (Lipinski definition) is 10. The minimum atomic E-state index is -1.11. The first-order valence-corrected chi connectivity index (χ1v) is 15.9. The van der Waals surface area contributed by atoms with Crippen molar-refractivity contribution in [2.24, 2.45) is 16.9 Å². The van der Waals surface area contributed by atoms with Crippen LogP contribution in [0.15, 0.2) is 0 Å². The SMILES string of the molecule is NC(CSCC(=O)NCCNC(=O)CCCCC1(CCC(=O)NCCNC(=O)CSCC(N)C(=O)O)CC1)C(=O)O. The summed E-state index contributed by atoms with van der Waals surface area (Å²) in [5.74, 6) is -2.36. The normalized spacial score (nSPS) is 14.8. The second-order valence-corrected chi connectivity index (χ2v) is 12.1. The van der Waals surface area contributed by atoms with E-state index in [9.17, 15) is 28.8 Å². The van der Waals surface area contributed by atoms with Crippen molar-refractivity contribution in [3.8, 4) is 0 Å². The third-order valence-corrected chi connectivity index (χ3v) is 8.56. The monoisotopic (exact) mass is 620 g/mol. The minimum absolute atomic E-state index is 0.0683. The van der Waals surface area contributed by atoms with Gasteiger partial charge in [-0.1, -0.05) is 6.42 Å². The summed E-state index contributed by atoms with van der Waals surface area (Å²) < 4.78 is 0. The van der Waals surface area contributed by atoms with Gasteiger partial charge in [0.1, 0.15) is 12.1 Å². The summed E-state index contributed by atoms with van der Waals surface area (Å²) in [5, 5.41) is 28.3. The molecule has 0 aromatic carbocycles. The Bertz CT molecular complexity index is 890. The van der Waals surface area contributed by atoms with Gasteiger partial charge in [0.2, 0.25) is 23.6 Å². The minimum Gasteiger partial charge on any atom is -0.480 e. The zero-order valence-corrected chi connectivity index (χ0v) is 24.9. The number of nitrogens with two attached hydrogens (primary N) is 2. The van der Waals surface area contributed by atoms with Gasteiger partial charge >= 0.3 is 11.9 Å². The molecule has 0 heterocycles. The maximum absolute atomic E-state index is 12.2. The first-order valence-electron chi connectivity index (χ1n) is 13.6. The molecule has 1 fully saturated rings. The lowest BCUT2D eigenvalue weighted by molar-refractivity contribution is -0.138. The average molecular weight is 621 g/mol. The third-order valence-electron chi connectivity index (χ3n) is 6.43. The Balaban J connectivity index is 2.01. The van der Waals surface area contributed by atoms with Crippen molar-refractivity contribution in [3.05, 3.63) is 0 Å². The highest BCUT2D eigenvalue weighted by Gasteiger charge is 2.41. The third kappa shape index (κ3) is 18.5. The smallest absolute Gasteiger partial charge is 0.321 e. The van der Waals surface area contributed by atoms with Crippen molar-refractivity contribution in [1.29, 1.82) is 0 Å². The first kappa shape index (κ1) is 36.5. The molecule has 2 unspecified atom stereocenters. The van der Waals surface area contributed by atoms with Crippen LogP contribution < -0.4 is 32.7 Å². The standard InChI is InChI=1S/C25H44N6O8S2/c26-17(23(36)37)13-40-15-21(34)30-11-9-28-19(32)3-1-2-5-25(7-8-25)6-4-20(33)29-10-12-31-22(35)16-41-14-18(27)24(38)39/h17-18H,1-16,26-27H2,(H,28,32)(H,29,33)(H,30,34)(H,31,35)(H,36,37)(H,38,39). The van der Waals surface area contributed by atoms with Gasteiger partial charge in [0.15, 0.2) is 0 Å². The number of rotatable bonds is 24. The van der Waals surface area contributed by atoms with Gasteiger partial charge in [-0.25, -0.2) is 0 Å². The first-order chi connectivity index (χ1) is 19.4. The lowest BCUT2D eigenvalue weighted by atomic mass is 9.93. The van der Waals surface area contributed by atoms with E-state index in [2.05, 4.69) is 21.3 Å². The number of nitrogens with one attached hydrogen (secondary N) is 4. The molecule has 234 valence electrons. The van der Waals surface area contributed by atoms with E-state index in [0.717, 1.165) is 62.0 Å². The number of amides is 4. The van der Waals surface area contributed by atoms with Crippen LogP contribution >= 0.6 is 23.5 Å². The van der Waals surface area contributed by atoms with Crippen LogP contribution in [0.1, 0.15) is 51.4 Å². The van der Waals surface area contributed by atoms with Gasteiger partial charge in [-0.2, -0.15) is 0 Å². The molecule has 0 radical (unpaired) electrons. The van der Waals surface area contributed by atoms with E-state index in [4.69, 9.17) is 21.7 Å². The van der Waals surface area contributed by atoms with Crippen LogP contribution in [-0.4, -0.2) is 107 Å². The molecular formula is C25H44N6O8S2. The Labute approximate surface area is 248 Å². The van der Waals surface area contributed by atoms with Gasteiger partial charge < -0.3 is 42.9 Å². The molecule has 0 saturated heterocycles. The van der Waals surface area contributed by atoms with E-state index in [1.165, 1.54) is 0 Å². The number of thioether (sulfide) groups is 2. The van der Waals surface area contributed by atoms with Gasteiger partial charge in [-0.3, -0.25) is 28.8 Å². The Morgan fingerprint density at radius 3 is 1.46 bits per heavy atom. The van der Waals surface area contributed by atoms with Crippen molar-refractivity contribution >= 4 is 59.1 Å². The fourth-order valence-electron chi connectivity index (χ4n) is 3.75. The number of aliphatic carboxylic acids is 2. The van der Waals surface area contributed by atoms with Gasteiger partial charge in [-0.05, 0) is 37.5 Å². The Kier molecular flexibility index (Phi) is 18.1. The molecule has 1 saturated carbocycles.